The van der Waals surface area contributed by atoms with Crippen molar-refractivity contribution in [2.75, 3.05) is 4.90 Å². The van der Waals surface area contributed by atoms with E-state index in [-0.39, 0.29) is 6.04 Å². The van der Waals surface area contributed by atoms with Crippen LogP contribution in [-0.2, 0) is 0 Å². The lowest BCUT2D eigenvalue weighted by molar-refractivity contribution is 0.756. The van der Waals surface area contributed by atoms with Crippen molar-refractivity contribution in [2.24, 2.45) is 0 Å². The fourth-order valence-corrected chi connectivity index (χ4v) is 6.09. The molecule has 0 saturated heterocycles. The van der Waals surface area contributed by atoms with Gasteiger partial charge in [-0.05, 0) is 127 Å². The summed E-state index contributed by atoms with van der Waals surface area (Å²) in [6, 6.07) is 39.0. The summed E-state index contributed by atoms with van der Waals surface area (Å²) in [4.78, 5) is 2.31. The molecule has 1 unspecified atom stereocenters. The van der Waals surface area contributed by atoms with Crippen LogP contribution < -0.4 is 10.2 Å². The van der Waals surface area contributed by atoms with Crippen LogP contribution in [0.2, 0.25) is 0 Å². The van der Waals surface area contributed by atoms with Crippen LogP contribution in [0.5, 0.6) is 0 Å². The van der Waals surface area contributed by atoms with Gasteiger partial charge >= 0.3 is 0 Å². The van der Waals surface area contributed by atoms with Crippen molar-refractivity contribution in [3.8, 4) is 11.1 Å². The van der Waals surface area contributed by atoms with E-state index in [0.717, 1.165) is 28.2 Å². The first-order chi connectivity index (χ1) is 22.6. The van der Waals surface area contributed by atoms with Gasteiger partial charge in [0.2, 0.25) is 0 Å². The Morgan fingerprint density at radius 1 is 0.739 bits per heavy atom. The van der Waals surface area contributed by atoms with E-state index in [9.17, 15) is 0 Å². The second-order valence-corrected chi connectivity index (χ2v) is 11.6. The summed E-state index contributed by atoms with van der Waals surface area (Å²) in [5, 5.41) is 3.62. The third-order valence-corrected chi connectivity index (χ3v) is 8.58. The van der Waals surface area contributed by atoms with Crippen LogP contribution in [0, 0.1) is 0 Å². The van der Waals surface area contributed by atoms with E-state index in [2.05, 4.69) is 189 Å². The smallest absolute Gasteiger partial charge is 0.0489 e. The molecule has 1 heterocycles. The molecule has 0 spiro atoms. The monoisotopic (exact) mass is 596 g/mol. The van der Waals surface area contributed by atoms with Gasteiger partial charge in [-0.25, -0.2) is 0 Å². The van der Waals surface area contributed by atoms with Crippen LogP contribution >= 0.6 is 0 Å². The molecule has 2 heteroatoms. The van der Waals surface area contributed by atoms with E-state index in [1.165, 1.54) is 39.1 Å². The molecule has 0 aromatic heterocycles. The van der Waals surface area contributed by atoms with Crippen molar-refractivity contribution in [3.63, 3.8) is 0 Å². The van der Waals surface area contributed by atoms with Crippen molar-refractivity contribution in [1.29, 1.82) is 0 Å². The molecule has 1 atom stereocenters. The van der Waals surface area contributed by atoms with Crippen molar-refractivity contribution >= 4 is 22.5 Å². The number of nitrogens with zero attached hydrogens (tertiary/aromatic N) is 1. The summed E-state index contributed by atoms with van der Waals surface area (Å²) in [6.45, 7) is 8.61. The third kappa shape index (κ3) is 6.59. The summed E-state index contributed by atoms with van der Waals surface area (Å²) < 4.78 is 0. The molecule has 0 saturated carbocycles. The van der Waals surface area contributed by atoms with E-state index in [1.807, 2.05) is 12.1 Å². The lowest BCUT2D eigenvalue weighted by Crippen LogP contribution is -2.19. The van der Waals surface area contributed by atoms with E-state index in [0.29, 0.717) is 0 Å². The largest absolute Gasteiger partial charge is 0.378 e. The molecule has 2 nitrogen and oxygen atoms in total. The summed E-state index contributed by atoms with van der Waals surface area (Å²) >= 11 is 0. The van der Waals surface area contributed by atoms with Gasteiger partial charge in [0, 0.05) is 34.4 Å². The SMILES string of the molecule is C/C=C\C1=C(C)C(=C/C(=C\C)c2ccc(N(C3=CC=C=C(c4ccccc4)C=C3)c3ccc(-c4ccccc4)cc3)cc2)/C(C)N1. The van der Waals surface area contributed by atoms with Gasteiger partial charge in [0.25, 0.3) is 0 Å². The van der Waals surface area contributed by atoms with Gasteiger partial charge in [-0.3, -0.25) is 0 Å². The topological polar surface area (TPSA) is 15.3 Å². The number of rotatable bonds is 8. The highest BCUT2D eigenvalue weighted by Gasteiger charge is 2.21. The molecule has 6 rings (SSSR count). The zero-order valence-electron chi connectivity index (χ0n) is 27.0. The predicted molar refractivity (Wildman–Crippen MR) is 197 cm³/mol. The molecule has 226 valence electrons. The van der Waals surface area contributed by atoms with Gasteiger partial charge in [0.15, 0.2) is 0 Å². The lowest BCUT2D eigenvalue weighted by atomic mass is 9.96. The maximum atomic E-state index is 3.62. The highest BCUT2D eigenvalue weighted by Crippen LogP contribution is 2.35. The van der Waals surface area contributed by atoms with Gasteiger partial charge in [-0.1, -0.05) is 97.1 Å². The van der Waals surface area contributed by atoms with Gasteiger partial charge in [0.05, 0.1) is 0 Å². The van der Waals surface area contributed by atoms with Crippen LogP contribution in [0.1, 0.15) is 38.8 Å². The van der Waals surface area contributed by atoms with Crippen LogP contribution in [-0.4, -0.2) is 6.04 Å². The van der Waals surface area contributed by atoms with Gasteiger partial charge < -0.3 is 10.2 Å². The van der Waals surface area contributed by atoms with Gasteiger partial charge in [0.1, 0.15) is 0 Å². The van der Waals surface area contributed by atoms with E-state index in [4.69, 9.17) is 0 Å². The highest BCUT2D eigenvalue weighted by atomic mass is 15.1. The number of hydrogen-bond acceptors (Lipinski definition) is 2. The summed E-state index contributed by atoms with van der Waals surface area (Å²) in [5.41, 5.74) is 17.6. The van der Waals surface area contributed by atoms with Crippen LogP contribution in [0.3, 0.4) is 0 Å². The second-order valence-electron chi connectivity index (χ2n) is 11.6. The number of hydrogen-bond donors (Lipinski definition) is 1. The standard InChI is InChI=1S/C44H40N2/c1-5-14-44-32(3)43(33(4)45-44)31-34(6-2)38-22-27-41(28-23-38)46(42-29-24-39(25-30-42)36-17-11-8-12-18-36)40-20-13-19-37(21-26-40)35-15-9-7-10-16-35/h5-18,20-31,33,45H,1-4H3/b14-5-,34-6+,43-31-. The number of anilines is 2. The minimum absolute atomic E-state index is 0.270. The average Bonchev–Trinajstić information content (AvgIpc) is 3.24. The van der Waals surface area contributed by atoms with Crippen molar-refractivity contribution < 1.29 is 0 Å². The zero-order chi connectivity index (χ0) is 31.9. The Morgan fingerprint density at radius 3 is 1.98 bits per heavy atom. The Balaban J connectivity index is 1.35. The molecule has 1 aliphatic carbocycles. The first kappa shape index (κ1) is 30.5. The van der Waals surface area contributed by atoms with E-state index >= 15 is 0 Å². The Labute approximate surface area is 274 Å². The van der Waals surface area contributed by atoms with Crippen molar-refractivity contribution in [1.82, 2.24) is 5.32 Å². The van der Waals surface area contributed by atoms with Crippen LogP contribution in [0.15, 0.2) is 186 Å². The molecular weight excluding hydrogens is 556 g/mol. The first-order valence-corrected chi connectivity index (χ1v) is 16.0. The van der Waals surface area contributed by atoms with E-state index < -0.39 is 0 Å². The zero-order valence-corrected chi connectivity index (χ0v) is 27.0. The maximum absolute atomic E-state index is 3.62. The summed E-state index contributed by atoms with van der Waals surface area (Å²) in [5.74, 6) is 0. The molecule has 1 N–H and O–H groups in total. The molecule has 2 aliphatic rings. The Morgan fingerprint density at radius 2 is 1.35 bits per heavy atom. The summed E-state index contributed by atoms with van der Waals surface area (Å²) in [6.07, 6.45) is 17.3. The fraction of sp³-hybridized carbons (Fsp3) is 0.114. The Kier molecular flexibility index (Phi) is 9.29. The second kappa shape index (κ2) is 14.0. The van der Waals surface area contributed by atoms with Crippen molar-refractivity contribution in [2.45, 2.75) is 33.7 Å². The fourth-order valence-electron chi connectivity index (χ4n) is 6.09. The maximum Gasteiger partial charge on any atom is 0.0489 e. The minimum atomic E-state index is 0.270. The number of allylic oxidation sites excluding steroid dienone is 9. The summed E-state index contributed by atoms with van der Waals surface area (Å²) in [7, 11) is 0. The lowest BCUT2D eigenvalue weighted by Gasteiger charge is -2.27. The highest BCUT2D eigenvalue weighted by molar-refractivity contribution is 5.81. The molecule has 0 amide bonds. The Hall–Kier alpha value is -5.56. The number of nitrogens with one attached hydrogen (secondary N) is 1. The quantitative estimate of drug-likeness (QED) is 0.204. The Bertz CT molecular complexity index is 1940. The average molecular weight is 597 g/mol. The molecule has 4 aromatic rings. The molecule has 46 heavy (non-hydrogen) atoms. The molecule has 4 aromatic carbocycles. The first-order valence-electron chi connectivity index (χ1n) is 16.0. The van der Waals surface area contributed by atoms with Gasteiger partial charge in [-0.15, -0.1) is 5.73 Å². The molecule has 0 fully saturated rings. The van der Waals surface area contributed by atoms with Crippen LogP contribution in [0.25, 0.3) is 22.3 Å². The molecule has 0 bridgehead atoms. The van der Waals surface area contributed by atoms with Crippen molar-refractivity contribution in [3.05, 3.63) is 197 Å². The molecule has 1 aliphatic heterocycles. The molecule has 0 radical (unpaired) electrons. The molecular formula is C44H40N2. The number of benzene rings is 4. The van der Waals surface area contributed by atoms with Crippen LogP contribution in [0.4, 0.5) is 11.4 Å². The van der Waals surface area contributed by atoms with E-state index in [1.54, 1.807) is 0 Å². The normalized spacial score (nSPS) is 17.3. The predicted octanol–water partition coefficient (Wildman–Crippen LogP) is 11.4. The minimum Gasteiger partial charge on any atom is -0.378 e. The van der Waals surface area contributed by atoms with Gasteiger partial charge in [-0.2, -0.15) is 0 Å². The third-order valence-electron chi connectivity index (χ3n) is 8.58.